The molecule has 1 N–H and O–H groups in total. The second-order valence-electron chi connectivity index (χ2n) is 6.00. The summed E-state index contributed by atoms with van der Waals surface area (Å²) in [6, 6.07) is 16.2. The van der Waals surface area contributed by atoms with E-state index in [0.717, 1.165) is 11.4 Å². The predicted octanol–water partition coefficient (Wildman–Crippen LogP) is 4.37. The molecule has 0 aliphatic carbocycles. The summed E-state index contributed by atoms with van der Waals surface area (Å²) in [4.78, 5) is 16.1. The summed E-state index contributed by atoms with van der Waals surface area (Å²) in [6.45, 7) is -0.967. The quantitative estimate of drug-likeness (QED) is 0.706. The van der Waals surface area contributed by atoms with Crippen molar-refractivity contribution in [3.8, 4) is 0 Å². The SMILES string of the molecule is O=C(COCC(F)(F)F)NCCCN1c2ccccc2Sc2ccccc21. The van der Waals surface area contributed by atoms with Crippen LogP contribution in [0.1, 0.15) is 6.42 Å². The number of halogens is 3. The Bertz CT molecular complexity index is 753. The first-order chi connectivity index (χ1) is 12.9. The zero-order valence-electron chi connectivity index (χ0n) is 14.5. The zero-order valence-corrected chi connectivity index (χ0v) is 15.3. The molecule has 27 heavy (non-hydrogen) atoms. The molecule has 0 unspecified atom stereocenters. The van der Waals surface area contributed by atoms with Crippen molar-refractivity contribution in [3.05, 3.63) is 48.5 Å². The van der Waals surface area contributed by atoms with Crippen LogP contribution in [-0.4, -0.2) is 38.4 Å². The molecule has 2 aromatic rings. The van der Waals surface area contributed by atoms with Gasteiger partial charge < -0.3 is 15.0 Å². The fourth-order valence-corrected chi connectivity index (χ4v) is 3.89. The highest BCUT2D eigenvalue weighted by molar-refractivity contribution is 7.99. The van der Waals surface area contributed by atoms with Gasteiger partial charge in [0.05, 0.1) is 11.4 Å². The molecular formula is C19H19F3N2O2S. The van der Waals surface area contributed by atoms with Gasteiger partial charge in [-0.05, 0) is 30.7 Å². The van der Waals surface area contributed by atoms with E-state index in [-0.39, 0.29) is 0 Å². The maximum atomic E-state index is 12.0. The number of hydrogen-bond acceptors (Lipinski definition) is 4. The Labute approximate surface area is 159 Å². The van der Waals surface area contributed by atoms with E-state index in [0.29, 0.717) is 19.5 Å². The van der Waals surface area contributed by atoms with Gasteiger partial charge in [-0.3, -0.25) is 4.79 Å². The van der Waals surface area contributed by atoms with Crippen molar-refractivity contribution in [1.29, 1.82) is 0 Å². The van der Waals surface area contributed by atoms with E-state index in [1.807, 2.05) is 24.3 Å². The van der Waals surface area contributed by atoms with Gasteiger partial charge in [-0.2, -0.15) is 13.2 Å². The molecule has 1 heterocycles. The molecule has 0 bridgehead atoms. The number of hydrogen-bond donors (Lipinski definition) is 1. The molecule has 1 aliphatic heterocycles. The molecular weight excluding hydrogens is 377 g/mol. The first-order valence-corrected chi connectivity index (χ1v) is 9.30. The summed E-state index contributed by atoms with van der Waals surface area (Å²) < 4.78 is 40.3. The summed E-state index contributed by atoms with van der Waals surface area (Å²) >= 11 is 1.72. The summed E-state index contributed by atoms with van der Waals surface area (Å²) in [5.74, 6) is -0.547. The summed E-state index contributed by atoms with van der Waals surface area (Å²) in [6.07, 6.45) is -3.77. The van der Waals surface area contributed by atoms with E-state index in [4.69, 9.17) is 0 Å². The molecule has 0 atom stereocenters. The first-order valence-electron chi connectivity index (χ1n) is 8.49. The van der Waals surface area contributed by atoms with Crippen LogP contribution in [-0.2, 0) is 9.53 Å². The van der Waals surface area contributed by atoms with Crippen LogP contribution < -0.4 is 10.2 Å². The Morgan fingerprint density at radius 2 is 1.63 bits per heavy atom. The maximum Gasteiger partial charge on any atom is 0.411 e. The normalized spacial score (nSPS) is 13.1. The lowest BCUT2D eigenvalue weighted by molar-refractivity contribution is -0.175. The third kappa shape index (κ3) is 5.40. The number of carbonyl (C=O) groups is 1. The van der Waals surface area contributed by atoms with Crippen LogP contribution in [0.4, 0.5) is 24.5 Å². The number of ether oxygens (including phenoxy) is 1. The lowest BCUT2D eigenvalue weighted by Gasteiger charge is -2.32. The van der Waals surface area contributed by atoms with Gasteiger partial charge in [0.25, 0.3) is 0 Å². The monoisotopic (exact) mass is 396 g/mol. The van der Waals surface area contributed by atoms with Crippen LogP contribution in [0.3, 0.4) is 0 Å². The largest absolute Gasteiger partial charge is 0.411 e. The fourth-order valence-electron chi connectivity index (χ4n) is 2.80. The van der Waals surface area contributed by atoms with Gasteiger partial charge in [0.15, 0.2) is 0 Å². The highest BCUT2D eigenvalue weighted by atomic mass is 32.2. The average Bonchev–Trinajstić information content (AvgIpc) is 2.63. The zero-order chi connectivity index (χ0) is 19.3. The molecule has 0 saturated heterocycles. The van der Waals surface area contributed by atoms with Gasteiger partial charge in [0.1, 0.15) is 13.2 Å². The molecule has 3 rings (SSSR count). The molecule has 0 fully saturated rings. The van der Waals surface area contributed by atoms with E-state index < -0.39 is 25.3 Å². The van der Waals surface area contributed by atoms with E-state index in [1.165, 1.54) is 9.79 Å². The molecule has 0 saturated carbocycles. The number of rotatable bonds is 7. The second-order valence-corrected chi connectivity index (χ2v) is 7.08. The number of fused-ring (bicyclic) bond motifs is 2. The number of amides is 1. The number of benzene rings is 2. The number of para-hydroxylation sites is 2. The van der Waals surface area contributed by atoms with E-state index >= 15 is 0 Å². The molecule has 1 aliphatic rings. The van der Waals surface area contributed by atoms with E-state index in [9.17, 15) is 18.0 Å². The van der Waals surface area contributed by atoms with Crippen molar-refractivity contribution >= 4 is 29.0 Å². The van der Waals surface area contributed by atoms with Gasteiger partial charge in [0.2, 0.25) is 5.91 Å². The van der Waals surface area contributed by atoms with Gasteiger partial charge >= 0.3 is 6.18 Å². The van der Waals surface area contributed by atoms with Gasteiger partial charge in [-0.15, -0.1) is 0 Å². The summed E-state index contributed by atoms with van der Waals surface area (Å²) in [7, 11) is 0. The van der Waals surface area contributed by atoms with Crippen molar-refractivity contribution in [2.75, 3.05) is 31.2 Å². The lowest BCUT2D eigenvalue weighted by atomic mass is 10.2. The topological polar surface area (TPSA) is 41.6 Å². The third-order valence-electron chi connectivity index (χ3n) is 3.91. The Kier molecular flexibility index (Phi) is 6.28. The molecule has 8 heteroatoms. The number of nitrogens with zero attached hydrogens (tertiary/aromatic N) is 1. The predicted molar refractivity (Wildman–Crippen MR) is 98.5 cm³/mol. The first kappa shape index (κ1) is 19.6. The number of nitrogens with one attached hydrogen (secondary N) is 1. The van der Waals surface area contributed by atoms with E-state index in [1.54, 1.807) is 11.8 Å². The van der Waals surface area contributed by atoms with Crippen molar-refractivity contribution in [1.82, 2.24) is 5.32 Å². The number of anilines is 2. The van der Waals surface area contributed by atoms with Crippen LogP contribution in [0.25, 0.3) is 0 Å². The number of carbonyl (C=O) groups excluding carboxylic acids is 1. The Morgan fingerprint density at radius 3 is 2.22 bits per heavy atom. The van der Waals surface area contributed by atoms with Crippen LogP contribution in [0.15, 0.2) is 58.3 Å². The van der Waals surface area contributed by atoms with Gasteiger partial charge in [0, 0.05) is 22.9 Å². The molecule has 1 amide bonds. The molecule has 0 aromatic heterocycles. The van der Waals surface area contributed by atoms with Gasteiger partial charge in [-0.1, -0.05) is 36.0 Å². The lowest BCUT2D eigenvalue weighted by Crippen LogP contribution is -2.32. The standard InChI is InChI=1S/C19H19F3N2O2S/c20-19(21,22)13-26-12-18(25)23-10-5-11-24-14-6-1-3-8-16(14)27-17-9-4-2-7-15(17)24/h1-4,6-9H,5,10-13H2,(H,23,25). The summed E-state index contributed by atoms with van der Waals surface area (Å²) in [5, 5.41) is 2.59. The Balaban J connectivity index is 1.52. The van der Waals surface area contributed by atoms with Crippen LogP contribution in [0, 0.1) is 0 Å². The van der Waals surface area contributed by atoms with Crippen LogP contribution in [0.2, 0.25) is 0 Å². The molecule has 4 nitrogen and oxygen atoms in total. The minimum atomic E-state index is -4.42. The van der Waals surface area contributed by atoms with Crippen LogP contribution >= 0.6 is 11.8 Å². The maximum absolute atomic E-state index is 12.0. The fraction of sp³-hybridized carbons (Fsp3) is 0.316. The third-order valence-corrected chi connectivity index (χ3v) is 5.04. The molecule has 144 valence electrons. The molecule has 2 aromatic carbocycles. The minimum Gasteiger partial charge on any atom is -0.362 e. The number of alkyl halides is 3. The van der Waals surface area contributed by atoms with E-state index in [2.05, 4.69) is 39.2 Å². The molecule has 0 radical (unpaired) electrons. The Morgan fingerprint density at radius 1 is 1.04 bits per heavy atom. The molecule has 0 spiro atoms. The van der Waals surface area contributed by atoms with Crippen LogP contribution in [0.5, 0.6) is 0 Å². The average molecular weight is 396 g/mol. The summed E-state index contributed by atoms with van der Waals surface area (Å²) in [5.41, 5.74) is 2.22. The minimum absolute atomic E-state index is 0.363. The van der Waals surface area contributed by atoms with Crippen molar-refractivity contribution in [3.63, 3.8) is 0 Å². The van der Waals surface area contributed by atoms with Crippen molar-refractivity contribution < 1.29 is 22.7 Å². The smallest absolute Gasteiger partial charge is 0.362 e. The van der Waals surface area contributed by atoms with Crippen molar-refractivity contribution in [2.24, 2.45) is 0 Å². The highest BCUT2D eigenvalue weighted by Gasteiger charge is 2.27. The Hall–Kier alpha value is -2.19. The van der Waals surface area contributed by atoms with Gasteiger partial charge in [-0.25, -0.2) is 0 Å². The van der Waals surface area contributed by atoms with Crippen molar-refractivity contribution in [2.45, 2.75) is 22.4 Å². The second kappa shape index (κ2) is 8.67. The highest BCUT2D eigenvalue weighted by Crippen LogP contribution is 2.47.